The molecule has 1 amide bonds. The average molecular weight is 179 g/mol. The van der Waals surface area contributed by atoms with Crippen molar-refractivity contribution in [3.05, 3.63) is 0 Å². The number of hydrogen-bond acceptors (Lipinski definition) is 4. The summed E-state index contributed by atoms with van der Waals surface area (Å²) in [5, 5.41) is 19.6. The lowest BCUT2D eigenvalue weighted by Gasteiger charge is -2.07. The lowest BCUT2D eigenvalue weighted by molar-refractivity contribution is -0.119. The van der Waals surface area contributed by atoms with Gasteiger partial charge in [0.2, 0.25) is 5.91 Å². The number of rotatable bonds is 5. The van der Waals surface area contributed by atoms with E-state index in [2.05, 4.69) is 5.32 Å². The molecule has 1 unspecified atom stereocenters. The monoisotopic (exact) mass is 179 g/mol. The van der Waals surface area contributed by atoms with Crippen LogP contribution in [0.1, 0.15) is 0 Å². The van der Waals surface area contributed by atoms with Crippen LogP contribution < -0.4 is 5.32 Å². The van der Waals surface area contributed by atoms with Crippen LogP contribution in [0.3, 0.4) is 0 Å². The minimum absolute atomic E-state index is 0.120. The van der Waals surface area contributed by atoms with Gasteiger partial charge in [0.15, 0.2) is 0 Å². The van der Waals surface area contributed by atoms with Crippen LogP contribution in [0.15, 0.2) is 0 Å². The Morgan fingerprint density at radius 1 is 1.73 bits per heavy atom. The molecule has 4 nitrogen and oxygen atoms in total. The van der Waals surface area contributed by atoms with Crippen LogP contribution in [0.2, 0.25) is 0 Å². The van der Waals surface area contributed by atoms with Crippen molar-refractivity contribution in [1.82, 2.24) is 5.32 Å². The maximum atomic E-state index is 10.7. The highest BCUT2D eigenvalue weighted by atomic mass is 32.2. The summed E-state index contributed by atoms with van der Waals surface area (Å²) in [7, 11) is 0. The van der Waals surface area contributed by atoms with Crippen LogP contribution in [0.25, 0.3) is 0 Å². The maximum absolute atomic E-state index is 10.7. The van der Waals surface area contributed by atoms with Gasteiger partial charge in [-0.25, -0.2) is 0 Å². The van der Waals surface area contributed by atoms with E-state index in [0.717, 1.165) is 0 Å². The molecule has 0 aliphatic rings. The fraction of sp³-hybridized carbons (Fsp3) is 0.833. The van der Waals surface area contributed by atoms with Crippen molar-refractivity contribution >= 4 is 17.7 Å². The molecule has 0 saturated carbocycles. The number of aliphatic hydroxyl groups excluding tert-OH is 2. The predicted molar refractivity (Wildman–Crippen MR) is 44.5 cm³/mol. The van der Waals surface area contributed by atoms with Gasteiger partial charge in [0, 0.05) is 6.54 Å². The molecule has 0 aromatic rings. The summed E-state index contributed by atoms with van der Waals surface area (Å²) in [6.07, 6.45) is 0.975. The Hall–Kier alpha value is -0.260. The van der Waals surface area contributed by atoms with Crippen molar-refractivity contribution in [1.29, 1.82) is 0 Å². The van der Waals surface area contributed by atoms with Gasteiger partial charge < -0.3 is 15.5 Å². The Bertz CT molecular complexity index is 120. The first-order chi connectivity index (χ1) is 5.20. The molecule has 0 fully saturated rings. The smallest absolute Gasteiger partial charge is 0.230 e. The first-order valence-electron chi connectivity index (χ1n) is 3.25. The van der Waals surface area contributed by atoms with Crippen molar-refractivity contribution in [3.63, 3.8) is 0 Å². The third kappa shape index (κ3) is 6.15. The molecule has 0 aliphatic carbocycles. The normalized spacial score (nSPS) is 12.6. The van der Waals surface area contributed by atoms with Crippen LogP contribution >= 0.6 is 11.8 Å². The van der Waals surface area contributed by atoms with Crippen molar-refractivity contribution in [2.24, 2.45) is 0 Å². The molecule has 1 atom stereocenters. The van der Waals surface area contributed by atoms with Gasteiger partial charge in [0.1, 0.15) is 0 Å². The lowest BCUT2D eigenvalue weighted by Crippen LogP contribution is -2.34. The highest BCUT2D eigenvalue weighted by Gasteiger charge is 2.03. The second-order valence-electron chi connectivity index (χ2n) is 2.07. The lowest BCUT2D eigenvalue weighted by atomic mass is 10.4. The van der Waals surface area contributed by atoms with E-state index in [9.17, 15) is 4.79 Å². The van der Waals surface area contributed by atoms with Crippen LogP contribution in [0.4, 0.5) is 0 Å². The van der Waals surface area contributed by atoms with E-state index in [4.69, 9.17) is 10.2 Å². The number of carbonyl (C=O) groups is 1. The fourth-order valence-corrected chi connectivity index (χ4v) is 0.843. The summed E-state index contributed by atoms with van der Waals surface area (Å²) in [4.78, 5) is 10.7. The Kier molecular flexibility index (Phi) is 6.30. The second-order valence-corrected chi connectivity index (χ2v) is 2.94. The number of hydrogen-bond donors (Lipinski definition) is 3. The van der Waals surface area contributed by atoms with E-state index in [1.807, 2.05) is 6.26 Å². The van der Waals surface area contributed by atoms with E-state index < -0.39 is 6.10 Å². The molecule has 5 heteroatoms. The van der Waals surface area contributed by atoms with Crippen LogP contribution in [-0.2, 0) is 4.79 Å². The molecule has 0 heterocycles. The summed E-state index contributed by atoms with van der Waals surface area (Å²) in [6.45, 7) is -0.199. The Morgan fingerprint density at radius 2 is 2.36 bits per heavy atom. The molecule has 0 saturated heterocycles. The summed E-state index contributed by atoms with van der Waals surface area (Å²) >= 11 is 1.41. The fourth-order valence-electron chi connectivity index (χ4n) is 0.478. The van der Waals surface area contributed by atoms with Crippen molar-refractivity contribution in [2.75, 3.05) is 25.2 Å². The summed E-state index contributed by atoms with van der Waals surface area (Å²) in [5.74, 6) is 0.267. The highest BCUT2D eigenvalue weighted by molar-refractivity contribution is 7.99. The minimum Gasteiger partial charge on any atom is -0.394 e. The number of thioether (sulfide) groups is 1. The van der Waals surface area contributed by atoms with Gasteiger partial charge in [-0.05, 0) is 6.26 Å². The van der Waals surface area contributed by atoms with Gasteiger partial charge in [0.05, 0.1) is 18.5 Å². The van der Waals surface area contributed by atoms with Crippen LogP contribution in [-0.4, -0.2) is 47.4 Å². The summed E-state index contributed by atoms with van der Waals surface area (Å²) in [6, 6.07) is 0. The van der Waals surface area contributed by atoms with E-state index in [1.54, 1.807) is 0 Å². The molecule has 0 aromatic carbocycles. The first-order valence-corrected chi connectivity index (χ1v) is 4.64. The zero-order valence-electron chi connectivity index (χ0n) is 6.41. The van der Waals surface area contributed by atoms with E-state index in [0.29, 0.717) is 5.75 Å². The molecule has 66 valence electrons. The average Bonchev–Trinajstić information content (AvgIpc) is 2.01. The summed E-state index contributed by atoms with van der Waals surface area (Å²) < 4.78 is 0. The molecular formula is C6H13NO3S. The molecule has 0 aromatic heterocycles. The maximum Gasteiger partial charge on any atom is 0.230 e. The van der Waals surface area contributed by atoms with Crippen molar-refractivity contribution in [3.8, 4) is 0 Å². The Morgan fingerprint density at radius 3 is 2.82 bits per heavy atom. The number of nitrogens with one attached hydrogen (secondary N) is 1. The van der Waals surface area contributed by atoms with Crippen LogP contribution in [0, 0.1) is 0 Å². The van der Waals surface area contributed by atoms with Crippen LogP contribution in [0.5, 0.6) is 0 Å². The number of amides is 1. The van der Waals surface area contributed by atoms with E-state index in [-0.39, 0.29) is 19.1 Å². The Balaban J connectivity index is 3.30. The predicted octanol–water partition coefficient (Wildman–Crippen LogP) is -1.18. The second kappa shape index (κ2) is 6.45. The standard InChI is InChI=1S/C6H13NO3S/c1-11-4-6(10)7-2-5(9)3-8/h5,8-9H,2-4H2,1H3,(H,7,10). The van der Waals surface area contributed by atoms with Gasteiger partial charge in [0.25, 0.3) is 0 Å². The van der Waals surface area contributed by atoms with Crippen molar-refractivity contribution in [2.45, 2.75) is 6.10 Å². The SMILES string of the molecule is CSCC(=O)NCC(O)CO. The Labute approximate surface area is 70.0 Å². The highest BCUT2D eigenvalue weighted by Crippen LogP contribution is 1.89. The topological polar surface area (TPSA) is 69.6 Å². The largest absolute Gasteiger partial charge is 0.394 e. The molecule has 0 bridgehead atoms. The first kappa shape index (κ1) is 10.7. The van der Waals surface area contributed by atoms with Crippen molar-refractivity contribution < 1.29 is 15.0 Å². The van der Waals surface area contributed by atoms with Gasteiger partial charge in [-0.2, -0.15) is 11.8 Å². The molecule has 3 N–H and O–H groups in total. The molecule has 0 spiro atoms. The third-order valence-corrected chi connectivity index (χ3v) is 1.57. The van der Waals surface area contributed by atoms with E-state index in [1.165, 1.54) is 11.8 Å². The van der Waals surface area contributed by atoms with Gasteiger partial charge in [-0.15, -0.1) is 0 Å². The quantitative estimate of drug-likeness (QED) is 0.497. The zero-order chi connectivity index (χ0) is 8.69. The molecular weight excluding hydrogens is 166 g/mol. The van der Waals surface area contributed by atoms with Gasteiger partial charge >= 0.3 is 0 Å². The molecule has 0 rings (SSSR count). The molecule has 0 radical (unpaired) electrons. The number of carbonyl (C=O) groups excluding carboxylic acids is 1. The zero-order valence-corrected chi connectivity index (χ0v) is 7.23. The molecule has 0 aliphatic heterocycles. The molecule has 11 heavy (non-hydrogen) atoms. The van der Waals surface area contributed by atoms with E-state index >= 15 is 0 Å². The van der Waals surface area contributed by atoms with Gasteiger partial charge in [-0.3, -0.25) is 4.79 Å². The third-order valence-electron chi connectivity index (χ3n) is 1.02. The minimum atomic E-state index is -0.846. The summed E-state index contributed by atoms with van der Waals surface area (Å²) in [5.41, 5.74) is 0. The number of aliphatic hydroxyl groups is 2. The van der Waals surface area contributed by atoms with Gasteiger partial charge in [-0.1, -0.05) is 0 Å².